The quantitative estimate of drug-likeness (QED) is 0.480. The monoisotopic (exact) mass is 461 g/mol. The molecule has 2 aromatic heterocycles. The molecule has 32 heavy (non-hydrogen) atoms. The van der Waals surface area contributed by atoms with Crippen LogP contribution in [-0.2, 0) is 16.6 Å². The zero-order valence-electron chi connectivity index (χ0n) is 19.2. The Morgan fingerprint density at radius 3 is 2.66 bits per heavy atom. The molecule has 0 radical (unpaired) electrons. The number of hydrogen-bond acceptors (Lipinski definition) is 6. The van der Waals surface area contributed by atoms with Crippen LogP contribution in [0.3, 0.4) is 0 Å². The highest BCUT2D eigenvalue weighted by molar-refractivity contribution is 7.89. The van der Waals surface area contributed by atoms with Crippen molar-refractivity contribution in [2.45, 2.75) is 38.6 Å². The van der Waals surface area contributed by atoms with Crippen LogP contribution >= 0.6 is 0 Å². The van der Waals surface area contributed by atoms with Crippen LogP contribution in [0.5, 0.6) is 5.75 Å². The summed E-state index contributed by atoms with van der Waals surface area (Å²) in [6.45, 7) is 7.74. The van der Waals surface area contributed by atoms with Crippen molar-refractivity contribution < 1.29 is 13.2 Å². The summed E-state index contributed by atoms with van der Waals surface area (Å²) in [6, 6.07) is 4.58. The van der Waals surface area contributed by atoms with Crippen LogP contribution in [0.2, 0.25) is 0 Å². The number of likely N-dealkylation sites (N-methyl/N-ethyl adjacent to an activating group) is 1. The lowest BCUT2D eigenvalue weighted by atomic mass is 10.1. The number of ether oxygens (including phenoxy) is 1. The predicted octanol–water partition coefficient (Wildman–Crippen LogP) is 2.35. The number of sulfonamides is 1. The van der Waals surface area contributed by atoms with Crippen LogP contribution in [0.4, 0.5) is 0 Å². The van der Waals surface area contributed by atoms with Crippen molar-refractivity contribution in [2.24, 2.45) is 0 Å². The van der Waals surface area contributed by atoms with Gasteiger partial charge in [-0.1, -0.05) is 6.92 Å². The first kappa shape index (κ1) is 24.0. The Morgan fingerprint density at radius 1 is 1.25 bits per heavy atom. The minimum absolute atomic E-state index is 0.0811. The molecule has 0 aliphatic carbocycles. The number of aromatic amines is 1. The molecule has 0 bridgehead atoms. The van der Waals surface area contributed by atoms with E-state index >= 15 is 0 Å². The lowest BCUT2D eigenvalue weighted by molar-refractivity contribution is 0.341. The number of aromatic nitrogens is 3. The van der Waals surface area contributed by atoms with Gasteiger partial charge in [0.1, 0.15) is 17.2 Å². The lowest BCUT2D eigenvalue weighted by Gasteiger charge is -2.14. The van der Waals surface area contributed by atoms with Crippen LogP contribution in [0.25, 0.3) is 22.4 Å². The summed E-state index contributed by atoms with van der Waals surface area (Å²) in [7, 11) is 0.00448. The standard InChI is InChI=1S/C22H31N5O4S/c1-6-11-27-14-15(3)19-21(27)24-20(25-22(19)28)17-13-16(8-9-18(17)31-7-2)32(29,30)23-10-12-26(4)5/h8-9,13-14,23H,6-7,10-12H2,1-5H3,(H,24,25,28). The second-order valence-electron chi connectivity index (χ2n) is 7.91. The van der Waals surface area contributed by atoms with E-state index in [0.29, 0.717) is 35.5 Å². The number of rotatable bonds is 10. The SMILES string of the molecule is CCCn1cc(C)c2c(=O)[nH]c(-c3cc(S(=O)(=O)NCCN(C)C)ccc3OCC)nc21. The maximum Gasteiger partial charge on any atom is 0.260 e. The maximum atomic E-state index is 12.9. The van der Waals surface area contributed by atoms with E-state index < -0.39 is 10.0 Å². The predicted molar refractivity (Wildman–Crippen MR) is 126 cm³/mol. The molecule has 2 N–H and O–H groups in total. The minimum Gasteiger partial charge on any atom is -0.493 e. The Balaban J connectivity index is 2.13. The van der Waals surface area contributed by atoms with E-state index in [4.69, 9.17) is 9.72 Å². The molecule has 0 saturated heterocycles. The van der Waals surface area contributed by atoms with Gasteiger partial charge in [0.2, 0.25) is 10.0 Å². The summed E-state index contributed by atoms with van der Waals surface area (Å²) in [5, 5.41) is 0.536. The molecular formula is C22H31N5O4S. The third-order valence-corrected chi connectivity index (χ3v) is 6.51. The van der Waals surface area contributed by atoms with Gasteiger partial charge < -0.3 is 19.2 Å². The summed E-state index contributed by atoms with van der Waals surface area (Å²) >= 11 is 0. The van der Waals surface area contributed by atoms with Gasteiger partial charge in [-0.2, -0.15) is 0 Å². The molecule has 1 aromatic carbocycles. The van der Waals surface area contributed by atoms with E-state index in [-0.39, 0.29) is 22.8 Å². The van der Waals surface area contributed by atoms with Gasteiger partial charge in [-0.25, -0.2) is 18.1 Å². The van der Waals surface area contributed by atoms with Crippen molar-refractivity contribution in [3.05, 3.63) is 40.3 Å². The number of H-pyrrole nitrogens is 1. The van der Waals surface area contributed by atoms with Crippen LogP contribution in [0.1, 0.15) is 25.8 Å². The van der Waals surface area contributed by atoms with Gasteiger partial charge in [0.15, 0.2) is 0 Å². The number of nitrogens with zero attached hydrogens (tertiary/aromatic N) is 3. The Kier molecular flexibility index (Phi) is 7.37. The molecule has 3 rings (SSSR count). The summed E-state index contributed by atoms with van der Waals surface area (Å²) < 4.78 is 35.9. The molecule has 0 atom stereocenters. The Morgan fingerprint density at radius 2 is 2.00 bits per heavy atom. The number of fused-ring (bicyclic) bond motifs is 1. The van der Waals surface area contributed by atoms with Crippen molar-refractivity contribution in [1.82, 2.24) is 24.2 Å². The lowest BCUT2D eigenvalue weighted by Crippen LogP contribution is -2.31. The number of aryl methyl sites for hydroxylation is 2. The molecular weight excluding hydrogens is 430 g/mol. The normalized spacial score (nSPS) is 12.1. The van der Waals surface area contributed by atoms with Crippen LogP contribution in [-0.4, -0.2) is 61.6 Å². The Labute approximate surface area is 188 Å². The van der Waals surface area contributed by atoms with Gasteiger partial charge in [0, 0.05) is 25.8 Å². The van der Waals surface area contributed by atoms with Gasteiger partial charge in [-0.05, 0) is 58.1 Å². The van der Waals surface area contributed by atoms with E-state index in [9.17, 15) is 13.2 Å². The van der Waals surface area contributed by atoms with Gasteiger partial charge in [-0.15, -0.1) is 0 Å². The highest BCUT2D eigenvalue weighted by Gasteiger charge is 2.20. The van der Waals surface area contributed by atoms with Gasteiger partial charge >= 0.3 is 0 Å². The van der Waals surface area contributed by atoms with Gasteiger partial charge in [0.25, 0.3) is 5.56 Å². The van der Waals surface area contributed by atoms with Crippen LogP contribution in [0.15, 0.2) is 34.1 Å². The first-order chi connectivity index (χ1) is 15.2. The molecule has 0 aliphatic heterocycles. The van der Waals surface area contributed by atoms with E-state index in [1.54, 1.807) is 6.07 Å². The summed E-state index contributed by atoms with van der Waals surface area (Å²) in [5.41, 5.74) is 1.57. The highest BCUT2D eigenvalue weighted by atomic mass is 32.2. The molecule has 10 heteroatoms. The molecule has 0 unspecified atom stereocenters. The highest BCUT2D eigenvalue weighted by Crippen LogP contribution is 2.31. The Hall–Kier alpha value is -2.69. The smallest absolute Gasteiger partial charge is 0.260 e. The van der Waals surface area contributed by atoms with E-state index in [0.717, 1.165) is 18.5 Å². The summed E-state index contributed by atoms with van der Waals surface area (Å²) in [6.07, 6.45) is 2.81. The fourth-order valence-corrected chi connectivity index (χ4v) is 4.60. The molecule has 3 aromatic rings. The molecule has 0 aliphatic rings. The van der Waals surface area contributed by atoms with E-state index in [2.05, 4.69) is 16.6 Å². The number of hydrogen-bond donors (Lipinski definition) is 2. The summed E-state index contributed by atoms with van der Waals surface area (Å²) in [5.74, 6) is 0.722. The van der Waals surface area contributed by atoms with Crippen molar-refractivity contribution in [3.8, 4) is 17.1 Å². The molecule has 0 fully saturated rings. The fraction of sp³-hybridized carbons (Fsp3) is 0.455. The summed E-state index contributed by atoms with van der Waals surface area (Å²) in [4.78, 5) is 22.4. The van der Waals surface area contributed by atoms with Crippen molar-refractivity contribution in [3.63, 3.8) is 0 Å². The second kappa shape index (κ2) is 9.85. The fourth-order valence-electron chi connectivity index (χ4n) is 3.55. The topological polar surface area (TPSA) is 109 Å². The average molecular weight is 462 g/mol. The van der Waals surface area contributed by atoms with Crippen molar-refractivity contribution in [2.75, 3.05) is 33.8 Å². The first-order valence-electron chi connectivity index (χ1n) is 10.7. The molecule has 174 valence electrons. The van der Waals surface area contributed by atoms with Gasteiger partial charge in [0.05, 0.1) is 22.5 Å². The van der Waals surface area contributed by atoms with Crippen LogP contribution in [0, 0.1) is 6.92 Å². The first-order valence-corrected chi connectivity index (χ1v) is 12.2. The molecule has 2 heterocycles. The molecule has 0 spiro atoms. The van der Waals surface area contributed by atoms with Crippen molar-refractivity contribution >= 4 is 21.1 Å². The van der Waals surface area contributed by atoms with Crippen LogP contribution < -0.4 is 15.0 Å². The third kappa shape index (κ3) is 5.03. The minimum atomic E-state index is -3.74. The maximum absolute atomic E-state index is 12.9. The molecule has 0 amide bonds. The molecule has 9 nitrogen and oxygen atoms in total. The molecule has 0 saturated carbocycles. The largest absolute Gasteiger partial charge is 0.493 e. The van der Waals surface area contributed by atoms with E-state index in [1.807, 2.05) is 43.6 Å². The number of benzene rings is 1. The zero-order chi connectivity index (χ0) is 23.5. The average Bonchev–Trinajstić information content (AvgIpc) is 3.04. The number of nitrogens with one attached hydrogen (secondary N) is 2. The van der Waals surface area contributed by atoms with E-state index in [1.165, 1.54) is 12.1 Å². The third-order valence-electron chi connectivity index (χ3n) is 5.05. The zero-order valence-corrected chi connectivity index (χ0v) is 20.0. The second-order valence-corrected chi connectivity index (χ2v) is 9.68. The Bertz CT molecular complexity index is 1260. The van der Waals surface area contributed by atoms with Crippen molar-refractivity contribution in [1.29, 1.82) is 0 Å². The van der Waals surface area contributed by atoms with Gasteiger partial charge in [-0.3, -0.25) is 4.79 Å².